The highest BCUT2D eigenvalue weighted by atomic mass is 16.5. The smallest absolute Gasteiger partial charge is 0.308 e. The number of furan rings is 1. The molecule has 1 heterocycles. The van der Waals surface area contributed by atoms with E-state index in [9.17, 15) is 19.5 Å². The van der Waals surface area contributed by atoms with Crippen molar-refractivity contribution >= 4 is 17.5 Å². The predicted molar refractivity (Wildman–Crippen MR) is 134 cm³/mol. The summed E-state index contributed by atoms with van der Waals surface area (Å²) in [4.78, 5) is 39.9. The molecule has 4 aliphatic rings. The Bertz CT molecular complexity index is 1110. The molecule has 3 fully saturated rings. The van der Waals surface area contributed by atoms with Crippen LogP contribution in [-0.4, -0.2) is 34.9 Å². The van der Waals surface area contributed by atoms with Gasteiger partial charge in [0.25, 0.3) is 0 Å². The lowest BCUT2D eigenvalue weighted by Crippen LogP contribution is -2.69. The second-order valence-corrected chi connectivity index (χ2v) is 13.4. The highest BCUT2D eigenvalue weighted by Gasteiger charge is 2.74. The zero-order valence-electron chi connectivity index (χ0n) is 22.5. The van der Waals surface area contributed by atoms with Crippen molar-refractivity contribution in [2.45, 2.75) is 85.9 Å². The number of hydrogen-bond acceptors (Lipinski definition) is 6. The number of ether oxygens (including phenoxy) is 1. The summed E-state index contributed by atoms with van der Waals surface area (Å²) < 4.78 is 11.7. The fraction of sp³-hybridized carbons (Fsp3) is 0.700. The van der Waals surface area contributed by atoms with Gasteiger partial charge < -0.3 is 14.3 Å². The number of aliphatic hydroxyl groups is 1. The molecule has 0 aromatic carbocycles. The highest BCUT2D eigenvalue weighted by Crippen LogP contribution is 2.73. The summed E-state index contributed by atoms with van der Waals surface area (Å²) in [7, 11) is 0. The van der Waals surface area contributed by atoms with Crippen LogP contribution in [-0.2, 0) is 19.1 Å². The Balaban J connectivity index is 1.69. The fourth-order valence-corrected chi connectivity index (χ4v) is 9.11. The highest BCUT2D eigenvalue weighted by molar-refractivity contribution is 5.96. The molecule has 0 unspecified atom stereocenters. The van der Waals surface area contributed by atoms with E-state index in [4.69, 9.17) is 9.15 Å². The first kappa shape index (κ1) is 25.4. The van der Waals surface area contributed by atoms with Gasteiger partial charge in [0, 0.05) is 34.5 Å². The number of aliphatic hydroxyl groups excluding tert-OH is 1. The summed E-state index contributed by atoms with van der Waals surface area (Å²) in [5.41, 5.74) is -1.54. The van der Waals surface area contributed by atoms with E-state index in [2.05, 4.69) is 20.8 Å². The predicted octanol–water partition coefficient (Wildman–Crippen LogP) is 5.10. The first-order chi connectivity index (χ1) is 16.7. The Hall–Kier alpha value is -2.21. The van der Waals surface area contributed by atoms with E-state index < -0.39 is 39.8 Å². The van der Waals surface area contributed by atoms with Gasteiger partial charge in [-0.15, -0.1) is 0 Å². The monoisotopic (exact) mass is 496 g/mol. The van der Waals surface area contributed by atoms with Crippen molar-refractivity contribution in [2.75, 3.05) is 0 Å². The van der Waals surface area contributed by atoms with Gasteiger partial charge in [-0.2, -0.15) is 0 Å². The maximum absolute atomic E-state index is 14.0. The van der Waals surface area contributed by atoms with Crippen LogP contribution in [0.3, 0.4) is 0 Å². The molecule has 36 heavy (non-hydrogen) atoms. The van der Waals surface area contributed by atoms with Gasteiger partial charge >= 0.3 is 5.97 Å². The number of allylic oxidation sites excluding steroid dienone is 2. The SMILES string of the molecule is CC(C)C(=O)O[C@H]1C[C@@H]2[C@@]3(C)C=CC(=O)C(C)(C)[C@@H]3C[C@@H](O)[C@@]2(C)[C@H]2C(=O)C[C@@H](c3ccoc3)[C@@]21C. The molecule has 3 saturated carbocycles. The molecular weight excluding hydrogens is 456 g/mol. The first-order valence-electron chi connectivity index (χ1n) is 13.4. The molecule has 1 N–H and O–H groups in total. The molecule has 196 valence electrons. The molecule has 0 amide bonds. The number of carbonyl (C=O) groups excluding carboxylic acids is 3. The second kappa shape index (κ2) is 7.89. The summed E-state index contributed by atoms with van der Waals surface area (Å²) in [5.74, 6) is -1.28. The lowest BCUT2D eigenvalue weighted by Gasteiger charge is -2.68. The van der Waals surface area contributed by atoms with Crippen LogP contribution < -0.4 is 0 Å². The van der Waals surface area contributed by atoms with Crippen LogP contribution in [0.5, 0.6) is 0 Å². The van der Waals surface area contributed by atoms with Gasteiger partial charge in [0.1, 0.15) is 11.9 Å². The van der Waals surface area contributed by atoms with E-state index in [0.29, 0.717) is 19.3 Å². The quantitative estimate of drug-likeness (QED) is 0.585. The summed E-state index contributed by atoms with van der Waals surface area (Å²) in [6, 6.07) is 1.90. The summed E-state index contributed by atoms with van der Waals surface area (Å²) >= 11 is 0. The van der Waals surface area contributed by atoms with E-state index >= 15 is 0 Å². The summed E-state index contributed by atoms with van der Waals surface area (Å²) in [6.07, 6.45) is 7.09. The number of ketones is 2. The molecule has 1 aromatic heterocycles. The van der Waals surface area contributed by atoms with E-state index in [-0.39, 0.29) is 41.2 Å². The molecule has 6 heteroatoms. The number of fused-ring (bicyclic) bond motifs is 5. The van der Waals surface area contributed by atoms with Gasteiger partial charge in [-0.3, -0.25) is 14.4 Å². The molecule has 1 aromatic rings. The van der Waals surface area contributed by atoms with Gasteiger partial charge in [0.2, 0.25) is 0 Å². The van der Waals surface area contributed by atoms with Crippen LogP contribution in [0, 0.1) is 45.3 Å². The van der Waals surface area contributed by atoms with E-state index in [0.717, 1.165) is 5.56 Å². The van der Waals surface area contributed by atoms with Crippen molar-refractivity contribution in [3.05, 3.63) is 36.3 Å². The van der Waals surface area contributed by atoms with Crippen molar-refractivity contribution in [1.29, 1.82) is 0 Å². The van der Waals surface area contributed by atoms with E-state index in [1.807, 2.05) is 39.8 Å². The van der Waals surface area contributed by atoms with Crippen molar-refractivity contribution in [3.63, 3.8) is 0 Å². The van der Waals surface area contributed by atoms with Crippen molar-refractivity contribution in [1.82, 2.24) is 0 Å². The Kier molecular flexibility index (Phi) is 5.58. The third-order valence-electron chi connectivity index (χ3n) is 11.1. The number of hydrogen-bond donors (Lipinski definition) is 1. The van der Waals surface area contributed by atoms with Gasteiger partial charge in [-0.25, -0.2) is 0 Å². The number of rotatable bonds is 3. The molecule has 4 aliphatic carbocycles. The third kappa shape index (κ3) is 3.09. The van der Waals surface area contributed by atoms with Crippen LogP contribution >= 0.6 is 0 Å². The maximum Gasteiger partial charge on any atom is 0.308 e. The summed E-state index contributed by atoms with van der Waals surface area (Å²) in [6.45, 7) is 13.9. The number of carbonyl (C=O) groups is 3. The van der Waals surface area contributed by atoms with Gasteiger partial charge in [0.15, 0.2) is 5.78 Å². The second-order valence-electron chi connectivity index (χ2n) is 13.4. The fourth-order valence-electron chi connectivity index (χ4n) is 9.11. The largest absolute Gasteiger partial charge is 0.472 e. The lowest BCUT2D eigenvalue weighted by atomic mass is 9.36. The Morgan fingerprint density at radius 3 is 2.39 bits per heavy atom. The topological polar surface area (TPSA) is 93.8 Å². The molecule has 6 nitrogen and oxygen atoms in total. The van der Waals surface area contributed by atoms with Crippen molar-refractivity contribution in [2.24, 2.45) is 45.3 Å². The maximum atomic E-state index is 14.0. The van der Waals surface area contributed by atoms with Gasteiger partial charge in [-0.05, 0) is 47.8 Å². The van der Waals surface area contributed by atoms with Crippen LogP contribution in [0.15, 0.2) is 35.2 Å². The first-order valence-corrected chi connectivity index (χ1v) is 13.4. The molecule has 9 atom stereocenters. The minimum atomic E-state index is -0.753. The molecule has 0 aliphatic heterocycles. The average Bonchev–Trinajstić information content (AvgIpc) is 3.42. The molecule has 0 saturated heterocycles. The van der Waals surface area contributed by atoms with Crippen LogP contribution in [0.25, 0.3) is 0 Å². The Morgan fingerprint density at radius 1 is 1.08 bits per heavy atom. The summed E-state index contributed by atoms with van der Waals surface area (Å²) in [5, 5.41) is 11.9. The van der Waals surface area contributed by atoms with E-state index in [1.54, 1.807) is 18.6 Å². The van der Waals surface area contributed by atoms with Gasteiger partial charge in [-0.1, -0.05) is 54.5 Å². The Morgan fingerprint density at radius 2 is 1.78 bits per heavy atom. The normalized spacial score (nSPS) is 45.2. The lowest BCUT2D eigenvalue weighted by molar-refractivity contribution is -0.239. The third-order valence-corrected chi connectivity index (χ3v) is 11.1. The molecular formula is C30H40O6. The molecule has 0 bridgehead atoms. The standard InChI is InChI=1S/C30H40O6/c1-16(2)26(34)36-24-14-21-28(5)10-8-22(32)27(3,4)20(28)13-23(33)30(21,7)25-19(31)12-18(29(24,25)6)17-9-11-35-15-17/h8-11,15-16,18,20-21,23-25,33H,12-14H2,1-7H3/t18-,20-,21+,23+,24-,25-,28-,29+,30-/m0/s1. The van der Waals surface area contributed by atoms with Crippen molar-refractivity contribution < 1.29 is 28.6 Å². The Labute approximate surface area is 213 Å². The van der Waals surface area contributed by atoms with E-state index in [1.165, 1.54) is 0 Å². The van der Waals surface area contributed by atoms with Crippen LogP contribution in [0.1, 0.15) is 79.2 Å². The minimum Gasteiger partial charge on any atom is -0.472 e. The number of esters is 1. The average molecular weight is 497 g/mol. The van der Waals surface area contributed by atoms with Gasteiger partial charge in [0.05, 0.1) is 24.5 Å². The molecule has 0 radical (unpaired) electrons. The molecule has 5 rings (SSSR count). The molecule has 0 spiro atoms. The van der Waals surface area contributed by atoms with Crippen LogP contribution in [0.4, 0.5) is 0 Å². The van der Waals surface area contributed by atoms with Crippen molar-refractivity contribution in [3.8, 4) is 0 Å². The minimum absolute atomic E-state index is 0.0705. The zero-order valence-corrected chi connectivity index (χ0v) is 22.5. The zero-order chi connectivity index (χ0) is 26.4. The van der Waals surface area contributed by atoms with Crippen LogP contribution in [0.2, 0.25) is 0 Å². The number of Topliss-reactive ketones (excluding diaryl/α,β-unsaturated/α-hetero) is 1.